The highest BCUT2D eigenvalue weighted by molar-refractivity contribution is 5.67. The van der Waals surface area contributed by atoms with Crippen molar-refractivity contribution in [2.45, 2.75) is 82.3 Å². The summed E-state index contributed by atoms with van der Waals surface area (Å²) in [5, 5.41) is 47.5. The van der Waals surface area contributed by atoms with E-state index in [0.717, 1.165) is 25.7 Å². The molecule has 0 radical (unpaired) electrons. The molecule has 2 aliphatic rings. The van der Waals surface area contributed by atoms with Crippen molar-refractivity contribution < 1.29 is 39.8 Å². The van der Waals surface area contributed by atoms with Crippen LogP contribution in [-0.2, 0) is 14.3 Å². The first-order chi connectivity index (χ1) is 11.9. The molecule has 1 heterocycles. The minimum absolute atomic E-state index is 0.182. The van der Waals surface area contributed by atoms with Crippen LogP contribution in [0.1, 0.15) is 45.4 Å². The van der Waals surface area contributed by atoms with Gasteiger partial charge < -0.3 is 35.0 Å². The van der Waals surface area contributed by atoms with Gasteiger partial charge in [0.25, 0.3) is 0 Å². The molecule has 0 aromatic heterocycles. The van der Waals surface area contributed by atoms with Crippen molar-refractivity contribution >= 4 is 5.97 Å². The Morgan fingerprint density at radius 2 is 1.92 bits per heavy atom. The number of hydrogen-bond donors (Lipinski definition) is 5. The maximum Gasteiger partial charge on any atom is 0.303 e. The maximum absolute atomic E-state index is 10.7. The zero-order valence-corrected chi connectivity index (χ0v) is 14.5. The number of ether oxygens (including phenoxy) is 2. The molecule has 1 aliphatic carbocycles. The van der Waals surface area contributed by atoms with Crippen LogP contribution in [0.4, 0.5) is 0 Å². The molecule has 8 heteroatoms. The summed E-state index contributed by atoms with van der Waals surface area (Å²) in [7, 11) is 0. The molecule has 2 fully saturated rings. The molecule has 8 unspecified atom stereocenters. The number of rotatable bonds is 10. The van der Waals surface area contributed by atoms with Crippen LogP contribution in [0.3, 0.4) is 0 Å². The Labute approximate surface area is 147 Å². The first-order valence-electron chi connectivity index (χ1n) is 9.05. The molecule has 8 atom stereocenters. The van der Waals surface area contributed by atoms with Crippen molar-refractivity contribution in [2.75, 3.05) is 6.61 Å². The molecule has 2 rings (SSSR count). The Kier molecular flexibility index (Phi) is 7.60. The fraction of sp³-hybridized carbons (Fsp3) is 0.941. The van der Waals surface area contributed by atoms with E-state index in [1.54, 1.807) is 0 Å². The van der Waals surface area contributed by atoms with Gasteiger partial charge in [0.05, 0.1) is 12.7 Å². The lowest BCUT2D eigenvalue weighted by Crippen LogP contribution is -2.59. The standard InChI is InChI=1S/C17H30O8/c1-2-11(5-3-4-9-6-10(9)7-13(19)20)24-17-16(23)15(22)14(21)12(8-18)25-17/h9-12,14-18,21-23H,2-8H2,1H3,(H,19,20). The Hall–Kier alpha value is -0.770. The highest BCUT2D eigenvalue weighted by atomic mass is 16.7. The van der Waals surface area contributed by atoms with Crippen molar-refractivity contribution in [3.63, 3.8) is 0 Å². The summed E-state index contributed by atoms with van der Waals surface area (Å²) in [5.41, 5.74) is 0. The lowest BCUT2D eigenvalue weighted by atomic mass is 9.99. The van der Waals surface area contributed by atoms with Gasteiger partial charge in [0.2, 0.25) is 0 Å². The van der Waals surface area contributed by atoms with Gasteiger partial charge in [0, 0.05) is 6.42 Å². The van der Waals surface area contributed by atoms with E-state index in [-0.39, 0.29) is 12.5 Å². The number of hydrogen-bond acceptors (Lipinski definition) is 7. The van der Waals surface area contributed by atoms with E-state index in [2.05, 4.69) is 0 Å². The number of carboxylic acid groups (broad SMARTS) is 1. The summed E-state index contributed by atoms with van der Waals surface area (Å²) in [4.78, 5) is 10.7. The molecular weight excluding hydrogens is 332 g/mol. The Bertz CT molecular complexity index is 429. The molecule has 25 heavy (non-hydrogen) atoms. The van der Waals surface area contributed by atoms with Gasteiger partial charge >= 0.3 is 5.97 Å². The van der Waals surface area contributed by atoms with Crippen molar-refractivity contribution in [2.24, 2.45) is 11.8 Å². The fourth-order valence-corrected chi connectivity index (χ4v) is 3.48. The molecule has 0 amide bonds. The van der Waals surface area contributed by atoms with E-state index < -0.39 is 43.3 Å². The molecule has 146 valence electrons. The van der Waals surface area contributed by atoms with Gasteiger partial charge in [-0.05, 0) is 31.1 Å². The molecule has 0 aromatic carbocycles. The number of aliphatic carboxylic acids is 1. The maximum atomic E-state index is 10.7. The summed E-state index contributed by atoms with van der Waals surface area (Å²) < 4.78 is 11.1. The minimum Gasteiger partial charge on any atom is -0.481 e. The van der Waals surface area contributed by atoms with Gasteiger partial charge in [-0.1, -0.05) is 19.8 Å². The molecule has 1 aliphatic heterocycles. The summed E-state index contributed by atoms with van der Waals surface area (Å²) in [6.07, 6.45) is -1.97. The lowest BCUT2D eigenvalue weighted by molar-refractivity contribution is -0.311. The van der Waals surface area contributed by atoms with Crippen LogP contribution in [0.15, 0.2) is 0 Å². The molecule has 5 N–H and O–H groups in total. The molecule has 1 saturated heterocycles. The average molecular weight is 362 g/mol. The number of aliphatic hydroxyl groups excluding tert-OH is 4. The third kappa shape index (κ3) is 5.60. The zero-order chi connectivity index (χ0) is 18.6. The Morgan fingerprint density at radius 3 is 2.52 bits per heavy atom. The first kappa shape index (κ1) is 20.5. The SMILES string of the molecule is CCC(CCCC1CC1CC(=O)O)OC1OC(CO)C(O)C(O)C1O. The smallest absolute Gasteiger partial charge is 0.303 e. The minimum atomic E-state index is -1.43. The van der Waals surface area contributed by atoms with Gasteiger partial charge in [-0.25, -0.2) is 0 Å². The number of carboxylic acids is 1. The van der Waals surface area contributed by atoms with Crippen LogP contribution in [0, 0.1) is 11.8 Å². The largest absolute Gasteiger partial charge is 0.481 e. The van der Waals surface area contributed by atoms with Crippen molar-refractivity contribution in [1.82, 2.24) is 0 Å². The van der Waals surface area contributed by atoms with E-state index in [0.29, 0.717) is 18.3 Å². The van der Waals surface area contributed by atoms with Crippen molar-refractivity contribution in [3.8, 4) is 0 Å². The summed E-state index contributed by atoms with van der Waals surface area (Å²) in [5.74, 6) is 0.0229. The fourth-order valence-electron chi connectivity index (χ4n) is 3.48. The monoisotopic (exact) mass is 362 g/mol. The van der Waals surface area contributed by atoms with Crippen LogP contribution in [0.25, 0.3) is 0 Å². The molecule has 0 aromatic rings. The van der Waals surface area contributed by atoms with Crippen LogP contribution < -0.4 is 0 Å². The van der Waals surface area contributed by atoms with Gasteiger partial charge in [0.15, 0.2) is 6.29 Å². The van der Waals surface area contributed by atoms with E-state index in [1.165, 1.54) is 0 Å². The molecule has 0 spiro atoms. The second-order valence-electron chi connectivity index (χ2n) is 7.15. The highest BCUT2D eigenvalue weighted by Crippen LogP contribution is 2.44. The predicted molar refractivity (Wildman–Crippen MR) is 86.6 cm³/mol. The number of aliphatic hydroxyl groups is 4. The van der Waals surface area contributed by atoms with Crippen LogP contribution in [-0.4, -0.2) is 74.9 Å². The second kappa shape index (κ2) is 9.25. The van der Waals surface area contributed by atoms with Gasteiger partial charge in [-0.2, -0.15) is 0 Å². The van der Waals surface area contributed by atoms with Gasteiger partial charge in [-0.15, -0.1) is 0 Å². The third-order valence-corrected chi connectivity index (χ3v) is 5.24. The molecular formula is C17H30O8. The average Bonchev–Trinajstić information content (AvgIpc) is 3.30. The van der Waals surface area contributed by atoms with E-state index in [4.69, 9.17) is 14.6 Å². The van der Waals surface area contributed by atoms with Crippen LogP contribution in [0.5, 0.6) is 0 Å². The summed E-state index contributed by atoms with van der Waals surface area (Å²) >= 11 is 0. The van der Waals surface area contributed by atoms with E-state index in [1.807, 2.05) is 6.92 Å². The van der Waals surface area contributed by atoms with Crippen LogP contribution >= 0.6 is 0 Å². The van der Waals surface area contributed by atoms with E-state index in [9.17, 15) is 25.2 Å². The van der Waals surface area contributed by atoms with Crippen LogP contribution in [0.2, 0.25) is 0 Å². The summed E-state index contributed by atoms with van der Waals surface area (Å²) in [6, 6.07) is 0. The topological polar surface area (TPSA) is 137 Å². The molecule has 0 bridgehead atoms. The van der Waals surface area contributed by atoms with Gasteiger partial charge in [0.1, 0.15) is 24.4 Å². The zero-order valence-electron chi connectivity index (χ0n) is 14.5. The lowest BCUT2D eigenvalue weighted by Gasteiger charge is -2.40. The first-order valence-corrected chi connectivity index (χ1v) is 9.05. The number of carbonyl (C=O) groups is 1. The predicted octanol–water partition coefficient (Wildman–Crippen LogP) is -0.137. The highest BCUT2D eigenvalue weighted by Gasteiger charge is 2.44. The van der Waals surface area contributed by atoms with Gasteiger partial charge in [-0.3, -0.25) is 4.79 Å². The third-order valence-electron chi connectivity index (χ3n) is 5.24. The van der Waals surface area contributed by atoms with E-state index >= 15 is 0 Å². The Balaban J connectivity index is 1.74. The quantitative estimate of drug-likeness (QED) is 0.362. The van der Waals surface area contributed by atoms with Crippen molar-refractivity contribution in [3.05, 3.63) is 0 Å². The molecule has 8 nitrogen and oxygen atoms in total. The summed E-state index contributed by atoms with van der Waals surface area (Å²) in [6.45, 7) is 1.47. The normalized spacial score (nSPS) is 39.2. The second-order valence-corrected chi connectivity index (χ2v) is 7.15. The molecule has 1 saturated carbocycles. The van der Waals surface area contributed by atoms with Crippen molar-refractivity contribution in [1.29, 1.82) is 0 Å². The Morgan fingerprint density at radius 1 is 1.20 bits per heavy atom.